The Morgan fingerprint density at radius 1 is 0.474 bits per heavy atom. The molecule has 0 amide bonds. The highest BCUT2D eigenvalue weighted by atomic mass is 16.1. The molecule has 6 heteroatoms. The second-order valence-electron chi connectivity index (χ2n) is 9.89. The molecule has 0 bridgehead atoms. The molecule has 0 saturated carbocycles. The van der Waals surface area contributed by atoms with E-state index in [0.717, 1.165) is 56.0 Å². The van der Waals surface area contributed by atoms with Gasteiger partial charge in [0.1, 0.15) is 11.6 Å². The number of anilines is 4. The van der Waals surface area contributed by atoms with E-state index >= 15 is 0 Å². The average molecular weight is 495 g/mol. The van der Waals surface area contributed by atoms with Crippen LogP contribution in [0.2, 0.25) is 0 Å². The fourth-order valence-electron chi connectivity index (χ4n) is 6.02. The lowest BCUT2D eigenvalue weighted by Crippen LogP contribution is -2.30. The third-order valence-corrected chi connectivity index (χ3v) is 7.81. The number of nitrogens with zero attached hydrogens (tertiary/aromatic N) is 2. The first kappa shape index (κ1) is 21.0. The number of hydrogen-bond acceptors (Lipinski definition) is 4. The van der Waals surface area contributed by atoms with E-state index in [2.05, 4.69) is 10.6 Å². The minimum absolute atomic E-state index is 0.0362. The summed E-state index contributed by atoms with van der Waals surface area (Å²) in [7, 11) is 0. The van der Waals surface area contributed by atoms with Crippen molar-refractivity contribution in [3.8, 4) is 11.1 Å². The van der Waals surface area contributed by atoms with Gasteiger partial charge in [-0.15, -0.1) is 0 Å². The van der Waals surface area contributed by atoms with Gasteiger partial charge in [-0.3, -0.25) is 18.7 Å². The molecule has 4 heterocycles. The van der Waals surface area contributed by atoms with E-state index < -0.39 is 0 Å². The predicted molar refractivity (Wildman–Crippen MR) is 153 cm³/mol. The van der Waals surface area contributed by atoms with E-state index in [4.69, 9.17) is 0 Å². The van der Waals surface area contributed by atoms with Crippen molar-refractivity contribution in [3.05, 3.63) is 129 Å². The third kappa shape index (κ3) is 2.82. The van der Waals surface area contributed by atoms with Crippen LogP contribution in [0.4, 0.5) is 23.0 Å². The molecule has 182 valence electrons. The molecule has 2 aliphatic rings. The second-order valence-corrected chi connectivity index (χ2v) is 9.89. The largest absolute Gasteiger partial charge is 0.341 e. The number of benzene rings is 4. The fourth-order valence-corrected chi connectivity index (χ4v) is 6.02. The van der Waals surface area contributed by atoms with Crippen LogP contribution in [-0.4, -0.2) is 9.13 Å². The van der Waals surface area contributed by atoms with Gasteiger partial charge in [-0.05, 0) is 46.2 Å². The standard InChI is InChI=1S/C32H22N4O2/c37-31-23-13-5-3-11-21(23)27(29-33-25-15-7-1-9-19(25)17-35(29)31)28-22-12-4-6-14-24(22)32(38)36-18-20-10-2-8-16-26(20)34-30(28)36/h1-16,33-34H,17-18H2. The van der Waals surface area contributed by atoms with Crippen molar-refractivity contribution in [1.29, 1.82) is 0 Å². The van der Waals surface area contributed by atoms with Crippen LogP contribution in [0.3, 0.4) is 0 Å². The first-order valence-electron chi connectivity index (χ1n) is 12.7. The van der Waals surface area contributed by atoms with Gasteiger partial charge in [-0.25, -0.2) is 0 Å². The van der Waals surface area contributed by atoms with Crippen molar-refractivity contribution in [1.82, 2.24) is 9.13 Å². The maximum absolute atomic E-state index is 13.8. The minimum Gasteiger partial charge on any atom is -0.341 e. The molecule has 6 nitrogen and oxygen atoms in total. The maximum Gasteiger partial charge on any atom is 0.260 e. The Morgan fingerprint density at radius 2 is 0.842 bits per heavy atom. The van der Waals surface area contributed by atoms with Crippen molar-refractivity contribution >= 4 is 44.6 Å². The highest BCUT2D eigenvalue weighted by Crippen LogP contribution is 2.46. The van der Waals surface area contributed by atoms with Gasteiger partial charge in [0.2, 0.25) is 0 Å². The van der Waals surface area contributed by atoms with Gasteiger partial charge in [0.25, 0.3) is 11.1 Å². The lowest BCUT2D eigenvalue weighted by Gasteiger charge is -2.30. The van der Waals surface area contributed by atoms with Crippen molar-refractivity contribution in [2.75, 3.05) is 10.6 Å². The molecule has 0 aliphatic carbocycles. The average Bonchev–Trinajstić information content (AvgIpc) is 2.97. The zero-order valence-electron chi connectivity index (χ0n) is 20.4. The van der Waals surface area contributed by atoms with Crippen molar-refractivity contribution < 1.29 is 0 Å². The van der Waals surface area contributed by atoms with Crippen molar-refractivity contribution in [3.63, 3.8) is 0 Å². The molecule has 0 atom stereocenters. The van der Waals surface area contributed by atoms with Gasteiger partial charge in [0, 0.05) is 33.3 Å². The number of fused-ring (bicyclic) bond motifs is 6. The molecule has 0 unspecified atom stereocenters. The Bertz CT molecular complexity index is 1940. The summed E-state index contributed by atoms with van der Waals surface area (Å²) in [6.07, 6.45) is 0. The van der Waals surface area contributed by atoms with Gasteiger partial charge >= 0.3 is 0 Å². The molecule has 8 rings (SSSR count). The molecule has 0 radical (unpaired) electrons. The molecule has 38 heavy (non-hydrogen) atoms. The Hall–Kier alpha value is -5.10. The zero-order chi connectivity index (χ0) is 25.4. The van der Waals surface area contributed by atoms with Crippen LogP contribution >= 0.6 is 0 Å². The van der Waals surface area contributed by atoms with E-state index in [0.29, 0.717) is 23.9 Å². The Balaban J connectivity index is 1.55. The first-order valence-corrected chi connectivity index (χ1v) is 12.7. The van der Waals surface area contributed by atoms with E-state index in [1.54, 1.807) is 0 Å². The first-order chi connectivity index (χ1) is 18.7. The van der Waals surface area contributed by atoms with Crippen LogP contribution in [0.15, 0.2) is 107 Å². The van der Waals surface area contributed by atoms with Crippen molar-refractivity contribution in [2.24, 2.45) is 0 Å². The lowest BCUT2D eigenvalue weighted by molar-refractivity contribution is 0.759. The summed E-state index contributed by atoms with van der Waals surface area (Å²) in [5.41, 5.74) is 5.82. The number of rotatable bonds is 1. The Kier molecular flexibility index (Phi) is 4.26. The predicted octanol–water partition coefficient (Wildman–Crippen LogP) is 6.19. The van der Waals surface area contributed by atoms with E-state index in [9.17, 15) is 9.59 Å². The van der Waals surface area contributed by atoms with Crippen molar-refractivity contribution in [2.45, 2.75) is 13.1 Å². The van der Waals surface area contributed by atoms with Crippen LogP contribution in [0.5, 0.6) is 0 Å². The van der Waals surface area contributed by atoms with Gasteiger partial charge in [-0.1, -0.05) is 72.8 Å². The summed E-state index contributed by atoms with van der Waals surface area (Å²) in [5.74, 6) is 1.47. The monoisotopic (exact) mass is 494 g/mol. The molecule has 2 N–H and O–H groups in total. The van der Waals surface area contributed by atoms with Gasteiger partial charge in [-0.2, -0.15) is 0 Å². The van der Waals surface area contributed by atoms with Gasteiger partial charge < -0.3 is 10.6 Å². The molecule has 2 aromatic heterocycles. The summed E-state index contributed by atoms with van der Waals surface area (Å²) in [6, 6.07) is 31.7. The zero-order valence-corrected chi connectivity index (χ0v) is 20.4. The van der Waals surface area contributed by atoms with E-state index in [-0.39, 0.29) is 11.1 Å². The highest BCUT2D eigenvalue weighted by molar-refractivity contribution is 6.13. The third-order valence-electron chi connectivity index (χ3n) is 7.81. The van der Waals surface area contributed by atoms with Crippen LogP contribution in [0, 0.1) is 0 Å². The van der Waals surface area contributed by atoms with E-state index in [1.807, 2.05) is 106 Å². The highest BCUT2D eigenvalue weighted by Gasteiger charge is 2.29. The topological polar surface area (TPSA) is 68.1 Å². The molecule has 4 aromatic carbocycles. The Morgan fingerprint density at radius 3 is 1.29 bits per heavy atom. The number of hydrogen-bond donors (Lipinski definition) is 2. The molecule has 2 aliphatic heterocycles. The molecule has 6 aromatic rings. The summed E-state index contributed by atoms with van der Waals surface area (Å²) in [5, 5.41) is 10.2. The summed E-state index contributed by atoms with van der Waals surface area (Å²) >= 11 is 0. The molecular weight excluding hydrogens is 472 g/mol. The fraction of sp³-hybridized carbons (Fsp3) is 0.0625. The number of para-hydroxylation sites is 2. The Labute approximate surface area is 217 Å². The van der Waals surface area contributed by atoms with Crippen LogP contribution in [0.25, 0.3) is 32.7 Å². The molecule has 0 fully saturated rings. The molecular formula is C32H22N4O2. The van der Waals surface area contributed by atoms with Crippen LogP contribution in [0.1, 0.15) is 11.1 Å². The minimum atomic E-state index is -0.0362. The smallest absolute Gasteiger partial charge is 0.260 e. The summed E-state index contributed by atoms with van der Waals surface area (Å²) < 4.78 is 3.65. The molecule has 0 spiro atoms. The number of pyridine rings is 2. The number of aromatic nitrogens is 2. The summed E-state index contributed by atoms with van der Waals surface area (Å²) in [6.45, 7) is 0.941. The molecule has 0 saturated heterocycles. The van der Waals surface area contributed by atoms with Gasteiger partial charge in [0.15, 0.2) is 0 Å². The SMILES string of the molecule is O=c1c2ccccc2c(-c2c3n(c(=O)c4ccccc24)Cc2ccccc2N3)c2n1Cc1ccccc1N2. The van der Waals surface area contributed by atoms with Crippen LogP contribution < -0.4 is 21.8 Å². The lowest BCUT2D eigenvalue weighted by atomic mass is 9.93. The van der Waals surface area contributed by atoms with Crippen LogP contribution in [-0.2, 0) is 13.1 Å². The van der Waals surface area contributed by atoms with Gasteiger partial charge in [0.05, 0.1) is 13.1 Å². The maximum atomic E-state index is 13.8. The summed E-state index contributed by atoms with van der Waals surface area (Å²) in [4.78, 5) is 27.6. The quantitative estimate of drug-likeness (QED) is 0.285. The second kappa shape index (κ2) is 7.70. The van der Waals surface area contributed by atoms with E-state index in [1.165, 1.54) is 0 Å². The normalized spacial score (nSPS) is 13.2. The number of nitrogens with one attached hydrogen (secondary N) is 2.